The summed E-state index contributed by atoms with van der Waals surface area (Å²) in [7, 11) is 1.85. The number of allylic oxidation sites excluding steroid dienone is 4. The number of rotatable bonds is 12. The first-order chi connectivity index (χ1) is 14.6. The van der Waals surface area contributed by atoms with Crippen LogP contribution in [-0.4, -0.2) is 12.7 Å². The van der Waals surface area contributed by atoms with Crippen molar-refractivity contribution >= 4 is 0 Å². The Kier molecular flexibility index (Phi) is 11.7. The molecular weight excluding hydrogens is 373 g/mol. The van der Waals surface area contributed by atoms with Gasteiger partial charge in [0.1, 0.15) is 6.07 Å². The molecule has 3 heteroatoms. The minimum atomic E-state index is -0.737. The molecule has 30 heavy (non-hydrogen) atoms. The van der Waals surface area contributed by atoms with E-state index in [1.807, 2.05) is 13.2 Å². The molecule has 0 N–H and O–H groups in total. The number of ether oxygens (including phenoxy) is 1. The minimum absolute atomic E-state index is 0.00593. The Hall–Kier alpha value is -1.14. The zero-order valence-electron chi connectivity index (χ0n) is 19.5. The summed E-state index contributed by atoms with van der Waals surface area (Å²) in [6.45, 7) is 2.29. The Morgan fingerprint density at radius 1 is 1.03 bits per heavy atom. The number of nitrogens with zero attached hydrogens (tertiary/aromatic N) is 1. The van der Waals surface area contributed by atoms with E-state index in [9.17, 15) is 4.39 Å². The maximum absolute atomic E-state index is 12.8. The smallest absolute Gasteiger partial charge is 0.199 e. The molecule has 2 rings (SSSR count). The lowest BCUT2D eigenvalue weighted by Crippen LogP contribution is -2.38. The average Bonchev–Trinajstić information content (AvgIpc) is 2.79. The van der Waals surface area contributed by atoms with E-state index >= 15 is 0 Å². The second-order valence-electron chi connectivity index (χ2n) is 9.80. The molecule has 0 radical (unpaired) electrons. The SMILES string of the molecule is CCCCCCCC1CCC(C2CCC(CCC=CC=C(F)C#N)(OC)CC2)CC1. The topological polar surface area (TPSA) is 33.0 Å². The van der Waals surface area contributed by atoms with Crippen molar-refractivity contribution in [1.29, 1.82) is 5.26 Å². The quantitative estimate of drug-likeness (QED) is 0.181. The van der Waals surface area contributed by atoms with Crippen LogP contribution in [0, 0.1) is 29.1 Å². The standard InChI is InChI=1S/C27H44FNO/c1-3-4-5-6-8-11-23-13-15-24(16-14-23)25-17-20-27(30-2,21-18-25)19-10-7-9-12-26(28)22-29/h7,9,12,23-25H,3-6,8,10-11,13-21H2,1-2H3. The van der Waals surface area contributed by atoms with Crippen molar-refractivity contribution in [1.82, 2.24) is 0 Å². The molecule has 2 nitrogen and oxygen atoms in total. The summed E-state index contributed by atoms with van der Waals surface area (Å²) in [5.74, 6) is 2.09. The number of unbranched alkanes of at least 4 members (excludes halogenated alkanes) is 4. The summed E-state index contributed by atoms with van der Waals surface area (Å²) < 4.78 is 18.8. The van der Waals surface area contributed by atoms with Crippen molar-refractivity contribution in [3.63, 3.8) is 0 Å². The van der Waals surface area contributed by atoms with Crippen molar-refractivity contribution in [2.24, 2.45) is 17.8 Å². The van der Waals surface area contributed by atoms with Crippen LogP contribution in [0.25, 0.3) is 0 Å². The number of halogens is 1. The van der Waals surface area contributed by atoms with E-state index in [4.69, 9.17) is 10.00 Å². The molecule has 2 saturated carbocycles. The second kappa shape index (κ2) is 14.0. The summed E-state index contributed by atoms with van der Waals surface area (Å²) in [6, 6.07) is 1.50. The highest BCUT2D eigenvalue weighted by Gasteiger charge is 2.38. The number of nitriles is 1. The molecule has 0 bridgehead atoms. The van der Waals surface area contributed by atoms with Crippen molar-refractivity contribution in [2.45, 2.75) is 115 Å². The Bertz CT molecular complexity index is 560. The van der Waals surface area contributed by atoms with Crippen LogP contribution < -0.4 is 0 Å². The van der Waals surface area contributed by atoms with E-state index in [0.717, 1.165) is 43.4 Å². The van der Waals surface area contributed by atoms with Gasteiger partial charge in [0.25, 0.3) is 0 Å². The fraction of sp³-hybridized carbons (Fsp3) is 0.815. The molecular formula is C27H44FNO. The van der Waals surface area contributed by atoms with Crippen LogP contribution in [0.2, 0.25) is 0 Å². The zero-order valence-corrected chi connectivity index (χ0v) is 19.5. The number of hydrogen-bond donors (Lipinski definition) is 0. The van der Waals surface area contributed by atoms with Gasteiger partial charge in [-0.2, -0.15) is 9.65 Å². The average molecular weight is 418 g/mol. The molecule has 0 spiro atoms. The predicted molar refractivity (Wildman–Crippen MR) is 124 cm³/mol. The fourth-order valence-corrected chi connectivity index (χ4v) is 5.81. The van der Waals surface area contributed by atoms with Crippen molar-refractivity contribution < 1.29 is 9.13 Å². The highest BCUT2D eigenvalue weighted by molar-refractivity contribution is 5.18. The molecule has 0 heterocycles. The molecule has 0 aromatic heterocycles. The van der Waals surface area contributed by atoms with Gasteiger partial charge < -0.3 is 4.74 Å². The van der Waals surface area contributed by atoms with Gasteiger partial charge in [-0.25, -0.2) is 0 Å². The summed E-state index contributed by atoms with van der Waals surface area (Å²) in [6.07, 6.45) is 25.9. The lowest BCUT2D eigenvalue weighted by molar-refractivity contribution is -0.0618. The predicted octanol–water partition coefficient (Wildman–Crippen LogP) is 8.44. The molecule has 0 atom stereocenters. The van der Waals surface area contributed by atoms with Gasteiger partial charge in [0.15, 0.2) is 5.83 Å². The highest BCUT2D eigenvalue weighted by atomic mass is 19.1. The van der Waals surface area contributed by atoms with Crippen LogP contribution in [0.5, 0.6) is 0 Å². The maximum atomic E-state index is 12.8. The molecule has 0 aliphatic heterocycles. The van der Waals surface area contributed by atoms with E-state index < -0.39 is 5.83 Å². The van der Waals surface area contributed by atoms with Gasteiger partial charge in [0.2, 0.25) is 0 Å². The van der Waals surface area contributed by atoms with Crippen molar-refractivity contribution in [3.05, 3.63) is 24.1 Å². The molecule has 0 unspecified atom stereocenters. The van der Waals surface area contributed by atoms with Crippen molar-refractivity contribution in [3.8, 4) is 6.07 Å². The van der Waals surface area contributed by atoms with E-state index in [1.165, 1.54) is 89.2 Å². The van der Waals surface area contributed by atoms with E-state index in [-0.39, 0.29) is 5.60 Å². The fourth-order valence-electron chi connectivity index (χ4n) is 5.81. The van der Waals surface area contributed by atoms with Gasteiger partial charge in [-0.05, 0) is 75.2 Å². The maximum Gasteiger partial charge on any atom is 0.199 e. The second-order valence-corrected chi connectivity index (χ2v) is 9.80. The lowest BCUT2D eigenvalue weighted by Gasteiger charge is -2.43. The first-order valence-corrected chi connectivity index (χ1v) is 12.6. The Morgan fingerprint density at radius 3 is 2.33 bits per heavy atom. The zero-order chi connectivity index (χ0) is 21.7. The molecule has 0 aromatic rings. The van der Waals surface area contributed by atoms with E-state index in [1.54, 1.807) is 6.08 Å². The largest absolute Gasteiger partial charge is 0.378 e. The van der Waals surface area contributed by atoms with Gasteiger partial charge in [-0.3, -0.25) is 0 Å². The first kappa shape index (κ1) is 25.1. The Labute approximate surface area is 185 Å². The van der Waals surface area contributed by atoms with Gasteiger partial charge in [-0.15, -0.1) is 0 Å². The Morgan fingerprint density at radius 2 is 1.70 bits per heavy atom. The van der Waals surface area contributed by atoms with Crippen LogP contribution in [-0.2, 0) is 4.74 Å². The van der Waals surface area contributed by atoms with Gasteiger partial charge in [0, 0.05) is 7.11 Å². The van der Waals surface area contributed by atoms with Crippen LogP contribution in [0.3, 0.4) is 0 Å². The third-order valence-corrected chi connectivity index (χ3v) is 7.90. The number of methoxy groups -OCH3 is 1. The summed E-state index contributed by atoms with van der Waals surface area (Å²) >= 11 is 0. The molecule has 0 aromatic carbocycles. The van der Waals surface area contributed by atoms with Crippen LogP contribution >= 0.6 is 0 Å². The van der Waals surface area contributed by atoms with Crippen LogP contribution in [0.15, 0.2) is 24.1 Å². The summed E-state index contributed by atoms with van der Waals surface area (Å²) in [4.78, 5) is 0. The third-order valence-electron chi connectivity index (χ3n) is 7.90. The third kappa shape index (κ3) is 8.54. The van der Waals surface area contributed by atoms with Crippen LogP contribution in [0.1, 0.15) is 110 Å². The lowest BCUT2D eigenvalue weighted by atomic mass is 9.67. The van der Waals surface area contributed by atoms with E-state index in [2.05, 4.69) is 6.92 Å². The van der Waals surface area contributed by atoms with Gasteiger partial charge in [0.05, 0.1) is 5.60 Å². The van der Waals surface area contributed by atoms with Crippen LogP contribution in [0.4, 0.5) is 4.39 Å². The van der Waals surface area contributed by atoms with Crippen molar-refractivity contribution in [2.75, 3.05) is 7.11 Å². The summed E-state index contributed by atoms with van der Waals surface area (Å²) in [5, 5.41) is 8.44. The van der Waals surface area contributed by atoms with E-state index in [0.29, 0.717) is 0 Å². The highest BCUT2D eigenvalue weighted by Crippen LogP contribution is 2.45. The molecule has 2 aliphatic carbocycles. The van der Waals surface area contributed by atoms with Gasteiger partial charge in [-0.1, -0.05) is 70.4 Å². The summed E-state index contributed by atoms with van der Waals surface area (Å²) in [5.41, 5.74) is -0.00593. The molecule has 0 saturated heterocycles. The molecule has 170 valence electrons. The molecule has 2 fully saturated rings. The monoisotopic (exact) mass is 417 g/mol. The minimum Gasteiger partial charge on any atom is -0.378 e. The van der Waals surface area contributed by atoms with Gasteiger partial charge >= 0.3 is 0 Å². The number of hydrogen-bond acceptors (Lipinski definition) is 2. The Balaban J connectivity index is 1.66. The first-order valence-electron chi connectivity index (χ1n) is 12.6. The molecule has 2 aliphatic rings. The normalized spacial score (nSPS) is 30.5. The molecule has 0 amide bonds.